The summed E-state index contributed by atoms with van der Waals surface area (Å²) in [4.78, 5) is 35.2. The van der Waals surface area contributed by atoms with Crippen molar-refractivity contribution in [1.82, 2.24) is 15.3 Å². The zero-order chi connectivity index (χ0) is 49.7. The van der Waals surface area contributed by atoms with Crippen LogP contribution in [0.3, 0.4) is 0 Å². The fourth-order valence-electron chi connectivity index (χ4n) is 17.0. The van der Waals surface area contributed by atoms with Crippen LogP contribution in [0.4, 0.5) is 0 Å². The monoisotopic (exact) mass is 961 g/mol. The summed E-state index contributed by atoms with van der Waals surface area (Å²) in [5.74, 6) is -5.41. The molecule has 4 saturated carbocycles. The number of aromatic amines is 1. The number of carbonyl (C=O) groups is 2. The molecule has 2 saturated heterocycles. The highest BCUT2D eigenvalue weighted by molar-refractivity contribution is 5.82. The molecule has 68 heavy (non-hydrogen) atoms. The van der Waals surface area contributed by atoms with Gasteiger partial charge >= 0.3 is 5.97 Å². The van der Waals surface area contributed by atoms with Crippen molar-refractivity contribution < 1.29 is 70.1 Å². The third kappa shape index (κ3) is 7.50. The molecule has 3 heterocycles. The van der Waals surface area contributed by atoms with E-state index >= 15 is 0 Å². The molecule has 18 nitrogen and oxygen atoms in total. The first kappa shape index (κ1) is 51.8. The van der Waals surface area contributed by atoms with E-state index in [2.05, 4.69) is 49.1 Å². The number of nitrogens with one attached hydrogen (secondary N) is 2. The van der Waals surface area contributed by atoms with Crippen LogP contribution in [-0.4, -0.2) is 155 Å². The number of aliphatic hydroxyl groups excluding tert-OH is 9. The van der Waals surface area contributed by atoms with E-state index in [9.17, 15) is 60.7 Å². The minimum Gasteiger partial charge on any atom is -0.481 e. The van der Waals surface area contributed by atoms with Crippen LogP contribution in [0.2, 0.25) is 0 Å². The molecule has 8 rings (SSSR count). The number of rotatable bonds is 14. The number of aromatic nitrogens is 2. The molecule has 1 aromatic heterocycles. The fourth-order valence-corrected chi connectivity index (χ4v) is 17.0. The Balaban J connectivity index is 1.29. The first-order chi connectivity index (χ1) is 32.0. The van der Waals surface area contributed by atoms with Gasteiger partial charge in [0.05, 0.1) is 50.4 Å². The van der Waals surface area contributed by atoms with Gasteiger partial charge < -0.3 is 76.6 Å². The summed E-state index contributed by atoms with van der Waals surface area (Å²) < 4.78 is 12.4. The smallest absolute Gasteiger partial charge is 0.312 e. The number of aliphatic hydroxyl groups is 9. The lowest BCUT2D eigenvalue weighted by molar-refractivity contribution is -0.341. The Bertz CT molecular complexity index is 2030. The summed E-state index contributed by atoms with van der Waals surface area (Å²) in [6, 6.07) is -0.616. The van der Waals surface area contributed by atoms with Crippen LogP contribution >= 0.6 is 0 Å². The van der Waals surface area contributed by atoms with Gasteiger partial charge in [-0.05, 0) is 115 Å². The minimum atomic E-state index is -1.69. The summed E-state index contributed by atoms with van der Waals surface area (Å²) in [5.41, 5.74) is 2.16. The highest BCUT2D eigenvalue weighted by Gasteiger charge is 2.76. The van der Waals surface area contributed by atoms with Crippen LogP contribution < -0.4 is 11.1 Å². The first-order valence-electron chi connectivity index (χ1n) is 25.1. The van der Waals surface area contributed by atoms with Crippen molar-refractivity contribution in [1.29, 1.82) is 0 Å². The number of amides is 1. The molecule has 0 spiro atoms. The second-order valence-corrected chi connectivity index (χ2v) is 23.7. The average molecular weight is 961 g/mol. The third-order valence-corrected chi connectivity index (χ3v) is 20.7. The normalized spacial score (nSPS) is 49.9. The molecule has 0 unspecified atom stereocenters. The van der Waals surface area contributed by atoms with Crippen molar-refractivity contribution in [2.75, 3.05) is 26.4 Å². The number of nitrogens with two attached hydrogens (primary N) is 1. The number of allylic oxidation sites excluding steroid dienone is 2. The van der Waals surface area contributed by atoms with Crippen molar-refractivity contribution >= 4 is 11.9 Å². The number of imidazole rings is 1. The Kier molecular flexibility index (Phi) is 14.1. The number of H-pyrrole nitrogens is 1. The molecule has 6 fully saturated rings. The number of carboxylic acids is 1. The van der Waals surface area contributed by atoms with Crippen LogP contribution in [0.5, 0.6) is 0 Å². The Morgan fingerprint density at radius 2 is 1.71 bits per heavy atom. The van der Waals surface area contributed by atoms with Gasteiger partial charge in [0.15, 0.2) is 6.29 Å². The van der Waals surface area contributed by atoms with E-state index in [4.69, 9.17) is 15.2 Å². The molecule has 23 atom stereocenters. The highest BCUT2D eigenvalue weighted by atomic mass is 16.7. The number of hydrogen-bond acceptors (Lipinski definition) is 15. The standard InChI is InChI=1S/C50H80N4O14/c1-7-24-15-50(44(65)66)30(16-45(2,21-56)17-35(50)59)28-9-10-34-47(4,49(24,28)6)13-12-33-46(3,22-57)41(68-43-40(63)39(62)32(58)20-67-43)38(61)29(48(33,34)5)14-26-27(19-55)42(64)54-37(26)25(8-11-36(51)60)31-18-52-23-53-31/h9,18,23-27,29-30,32-41,43,55-63H,7-8,10-17,19-22,51H2,1-6H3,(H,52,53)(H,54,64)(H,65,66)/t24-,25+,26+,27+,29-,30-,32+,33+,34-,35-,36-,37-,38+,39-,40+,41+,43-,45+,46-,47+,48-,49+,50-/m0/s1. The van der Waals surface area contributed by atoms with Gasteiger partial charge in [0.25, 0.3) is 0 Å². The van der Waals surface area contributed by atoms with Crippen molar-refractivity contribution in [3.05, 3.63) is 29.9 Å². The molecular formula is C50H80N4O14. The SMILES string of the molecule is CC[C@H]1C[C@@]2(C(=O)O)[C@@H](O)C[C@](C)(CO)C[C@H]2C2=CC[C@@H]3[C@]4(C)[C@H](CC[C@@]3(C)[C@@]21C)[C@](C)(CO)[C@H](O[C@@H]1OC[C@@H](O)[C@H](O)[C@H]1O)[C@H](O)[C@@H]4C[C@H]1[C@H]([C@H](CC[C@@H](N)O)c2cnc[nH]2)NC(=O)[C@@H]1CO. The van der Waals surface area contributed by atoms with Gasteiger partial charge in [0.1, 0.15) is 30.0 Å². The quantitative estimate of drug-likeness (QED) is 0.0706. The molecule has 384 valence electrons. The van der Waals surface area contributed by atoms with Gasteiger partial charge in [-0.3, -0.25) is 9.59 Å². The number of carbonyl (C=O) groups excluding carboxylic acids is 1. The topological polar surface area (TPSA) is 322 Å². The molecule has 18 heteroatoms. The molecule has 0 radical (unpaired) electrons. The van der Waals surface area contributed by atoms with Crippen molar-refractivity contribution in [3.63, 3.8) is 0 Å². The van der Waals surface area contributed by atoms with E-state index in [1.807, 2.05) is 13.8 Å². The van der Waals surface area contributed by atoms with Gasteiger partial charge in [-0.1, -0.05) is 59.6 Å². The largest absolute Gasteiger partial charge is 0.481 e. The summed E-state index contributed by atoms with van der Waals surface area (Å²) in [6.45, 7) is 11.1. The van der Waals surface area contributed by atoms with Crippen LogP contribution in [0.25, 0.3) is 0 Å². The Morgan fingerprint density at radius 3 is 2.31 bits per heavy atom. The van der Waals surface area contributed by atoms with E-state index in [-0.39, 0.29) is 62.6 Å². The summed E-state index contributed by atoms with van der Waals surface area (Å²) in [7, 11) is 0. The minimum absolute atomic E-state index is 0.166. The second kappa shape index (κ2) is 18.5. The molecule has 5 aliphatic carbocycles. The van der Waals surface area contributed by atoms with Crippen LogP contribution in [0.15, 0.2) is 24.2 Å². The fraction of sp³-hybridized carbons (Fsp3) is 0.860. The van der Waals surface area contributed by atoms with Crippen molar-refractivity contribution in [2.45, 2.75) is 167 Å². The number of hydrogen-bond donors (Lipinski definition) is 13. The van der Waals surface area contributed by atoms with Gasteiger partial charge in [-0.2, -0.15) is 0 Å². The number of nitrogens with zero attached hydrogens (tertiary/aromatic N) is 1. The maximum absolute atomic E-state index is 14.1. The van der Waals surface area contributed by atoms with Gasteiger partial charge in [-0.15, -0.1) is 0 Å². The number of carboxylic acid groups (broad SMARTS) is 1. The molecule has 7 aliphatic rings. The third-order valence-electron chi connectivity index (χ3n) is 20.7. The average Bonchev–Trinajstić information content (AvgIpc) is 3.94. The maximum Gasteiger partial charge on any atom is 0.312 e. The maximum atomic E-state index is 14.1. The number of aliphatic carboxylic acids is 1. The first-order valence-corrected chi connectivity index (χ1v) is 25.1. The lowest BCUT2D eigenvalue weighted by atomic mass is 9.30. The van der Waals surface area contributed by atoms with Crippen LogP contribution in [0.1, 0.15) is 117 Å². The van der Waals surface area contributed by atoms with Crippen molar-refractivity contribution in [2.24, 2.45) is 79.6 Å². The van der Waals surface area contributed by atoms with E-state index in [0.717, 1.165) is 5.57 Å². The van der Waals surface area contributed by atoms with Crippen LogP contribution in [0, 0.1) is 73.9 Å². The molecule has 2 aliphatic heterocycles. The molecule has 14 N–H and O–H groups in total. The Hall–Kier alpha value is -2.59. The molecule has 1 amide bonds. The predicted octanol–water partition coefficient (Wildman–Crippen LogP) is 1.12. The van der Waals surface area contributed by atoms with Gasteiger partial charge in [0.2, 0.25) is 5.91 Å². The summed E-state index contributed by atoms with van der Waals surface area (Å²) in [5, 5.41) is 116. The van der Waals surface area contributed by atoms with Crippen molar-refractivity contribution in [3.8, 4) is 0 Å². The summed E-state index contributed by atoms with van der Waals surface area (Å²) in [6.07, 6.45) is -1.89. The van der Waals surface area contributed by atoms with E-state index < -0.39 is 136 Å². The molecular weight excluding hydrogens is 881 g/mol. The van der Waals surface area contributed by atoms with Gasteiger partial charge in [-0.25, -0.2) is 4.98 Å². The second-order valence-electron chi connectivity index (χ2n) is 23.7. The zero-order valence-electron chi connectivity index (χ0n) is 40.6. The highest BCUT2D eigenvalue weighted by Crippen LogP contribution is 2.78. The van der Waals surface area contributed by atoms with E-state index in [1.165, 1.54) is 6.33 Å². The predicted molar refractivity (Wildman–Crippen MR) is 244 cm³/mol. The summed E-state index contributed by atoms with van der Waals surface area (Å²) >= 11 is 0. The molecule has 0 bridgehead atoms. The number of fused-ring (bicyclic) bond motifs is 7. The lowest BCUT2D eigenvalue weighted by Crippen LogP contribution is -2.73. The lowest BCUT2D eigenvalue weighted by Gasteiger charge is -2.75. The molecule has 0 aromatic carbocycles. The van der Waals surface area contributed by atoms with Gasteiger partial charge in [0, 0.05) is 35.9 Å². The van der Waals surface area contributed by atoms with E-state index in [0.29, 0.717) is 44.2 Å². The Labute approximate surface area is 399 Å². The van der Waals surface area contributed by atoms with E-state index in [1.54, 1.807) is 6.20 Å². The number of ether oxygens (including phenoxy) is 2. The molecule has 1 aromatic rings. The Morgan fingerprint density at radius 1 is 0.985 bits per heavy atom. The zero-order valence-corrected chi connectivity index (χ0v) is 40.6. The van der Waals surface area contributed by atoms with Crippen LogP contribution in [-0.2, 0) is 19.1 Å².